The third-order valence-electron chi connectivity index (χ3n) is 8.72. The first-order valence-corrected chi connectivity index (χ1v) is 15.9. The first-order valence-electron chi connectivity index (χ1n) is 15.9. The summed E-state index contributed by atoms with van der Waals surface area (Å²) in [4.78, 5) is 25.3. The van der Waals surface area contributed by atoms with Crippen LogP contribution in [0.2, 0.25) is 0 Å². The van der Waals surface area contributed by atoms with E-state index in [0.717, 1.165) is 59.3 Å². The quantitative estimate of drug-likeness (QED) is 0.184. The third-order valence-corrected chi connectivity index (χ3v) is 8.72. The first kappa shape index (κ1) is 32.8. The molecule has 0 aromatic heterocycles. The van der Waals surface area contributed by atoms with Crippen LogP contribution in [0.1, 0.15) is 79.6 Å². The van der Waals surface area contributed by atoms with Crippen molar-refractivity contribution >= 4 is 11.9 Å². The molecule has 0 aliphatic carbocycles. The van der Waals surface area contributed by atoms with E-state index in [1.54, 1.807) is 0 Å². The molecule has 4 atom stereocenters. The number of rotatable bonds is 14. The van der Waals surface area contributed by atoms with Crippen LogP contribution in [0.4, 0.5) is 0 Å². The number of ether oxygens (including phenoxy) is 2. The number of unbranched alkanes of at least 4 members (excludes halogenated alkanes) is 1. The zero-order chi connectivity index (χ0) is 31.6. The van der Waals surface area contributed by atoms with Crippen LogP contribution >= 0.6 is 0 Å². The molecule has 2 fully saturated rings. The molecule has 3 aromatic rings. The average Bonchev–Trinajstić information content (AvgIpc) is 3.52. The molecule has 240 valence electrons. The van der Waals surface area contributed by atoms with Gasteiger partial charge in [0.25, 0.3) is 0 Å². The van der Waals surface area contributed by atoms with E-state index in [1.807, 2.05) is 60.7 Å². The summed E-state index contributed by atoms with van der Waals surface area (Å²) >= 11 is 0. The van der Waals surface area contributed by atoms with Crippen molar-refractivity contribution in [3.8, 4) is 11.1 Å². The molecule has 5 rings (SSSR count). The number of carbonyl (C=O) groups is 2. The molecule has 0 unspecified atom stereocenters. The zero-order valence-electron chi connectivity index (χ0n) is 25.6. The molecule has 2 saturated heterocycles. The molecule has 9 nitrogen and oxygen atoms in total. The number of carboxylic acid groups (broad SMARTS) is 1. The van der Waals surface area contributed by atoms with E-state index in [2.05, 4.69) is 22.3 Å². The monoisotopic (exact) mass is 616 g/mol. The second-order valence-electron chi connectivity index (χ2n) is 12.0. The first-order chi connectivity index (χ1) is 21.9. The number of aliphatic hydroxyl groups excluding tert-OH is 2. The number of hydrogen-bond acceptors (Lipinski definition) is 7. The Labute approximate surface area is 264 Å². The highest BCUT2D eigenvalue weighted by Gasteiger charge is 2.35. The van der Waals surface area contributed by atoms with Gasteiger partial charge < -0.3 is 30.1 Å². The lowest BCUT2D eigenvalue weighted by Crippen LogP contribution is -2.42. The predicted molar refractivity (Wildman–Crippen MR) is 170 cm³/mol. The fraction of sp³-hybridized carbons (Fsp3) is 0.444. The largest absolute Gasteiger partial charge is 0.481 e. The minimum Gasteiger partial charge on any atom is -0.481 e. The van der Waals surface area contributed by atoms with Crippen LogP contribution < -0.4 is 5.32 Å². The second kappa shape index (κ2) is 16.1. The van der Waals surface area contributed by atoms with Gasteiger partial charge in [0.1, 0.15) is 0 Å². The van der Waals surface area contributed by atoms with Gasteiger partial charge in [-0.2, -0.15) is 0 Å². The molecular formula is C36H44N2O7. The molecule has 0 radical (unpaired) electrons. The van der Waals surface area contributed by atoms with Crippen molar-refractivity contribution in [3.63, 3.8) is 0 Å². The maximum atomic E-state index is 12.3. The lowest BCUT2D eigenvalue weighted by molar-refractivity contribution is -0.253. The number of nitrogens with zero attached hydrogens (tertiary/aromatic N) is 1. The van der Waals surface area contributed by atoms with E-state index in [0.29, 0.717) is 32.2 Å². The zero-order valence-corrected chi connectivity index (χ0v) is 25.6. The fourth-order valence-corrected chi connectivity index (χ4v) is 6.21. The Hall–Kier alpha value is -3.60. The number of aliphatic hydroxyl groups is 2. The smallest absolute Gasteiger partial charge is 0.303 e. The van der Waals surface area contributed by atoms with Crippen molar-refractivity contribution in [2.45, 2.75) is 82.6 Å². The van der Waals surface area contributed by atoms with E-state index in [1.165, 1.54) is 0 Å². The van der Waals surface area contributed by atoms with Gasteiger partial charge in [0.2, 0.25) is 5.91 Å². The van der Waals surface area contributed by atoms with Gasteiger partial charge in [-0.05, 0) is 72.2 Å². The van der Waals surface area contributed by atoms with Gasteiger partial charge in [0, 0.05) is 44.0 Å². The Kier molecular flexibility index (Phi) is 11.7. The van der Waals surface area contributed by atoms with Gasteiger partial charge in [-0.1, -0.05) is 60.7 Å². The summed E-state index contributed by atoms with van der Waals surface area (Å²) in [5, 5.41) is 31.1. The molecule has 1 amide bonds. The normalized spacial score (nSPS) is 21.9. The SMILES string of the molecule is O=C(O)CCCCC(=O)NCc1cccc(-c2cccc([C@H]3O[C@@H](CN4CCC[C@H]4CO)C[C@@H](c4ccc(CO)cc4)O3)c2)c1. The topological polar surface area (TPSA) is 129 Å². The number of nitrogens with one attached hydrogen (secondary N) is 1. The van der Waals surface area contributed by atoms with Gasteiger partial charge in [-0.3, -0.25) is 14.5 Å². The summed E-state index contributed by atoms with van der Waals surface area (Å²) in [5.74, 6) is -0.932. The lowest BCUT2D eigenvalue weighted by atomic mass is 9.98. The van der Waals surface area contributed by atoms with Crippen LogP contribution in [0, 0.1) is 0 Å². The van der Waals surface area contributed by atoms with Crippen LogP contribution in [0.5, 0.6) is 0 Å². The van der Waals surface area contributed by atoms with Gasteiger partial charge in [0.15, 0.2) is 6.29 Å². The Morgan fingerprint density at radius 2 is 1.62 bits per heavy atom. The molecule has 45 heavy (non-hydrogen) atoms. The van der Waals surface area contributed by atoms with Crippen molar-refractivity contribution in [2.24, 2.45) is 0 Å². The van der Waals surface area contributed by atoms with E-state index in [9.17, 15) is 19.8 Å². The van der Waals surface area contributed by atoms with Crippen LogP contribution in [0.3, 0.4) is 0 Å². The summed E-state index contributed by atoms with van der Waals surface area (Å²) < 4.78 is 13.2. The summed E-state index contributed by atoms with van der Waals surface area (Å²) in [6, 6.07) is 24.2. The fourth-order valence-electron chi connectivity index (χ4n) is 6.21. The number of amides is 1. The molecule has 2 aliphatic rings. The molecule has 2 aliphatic heterocycles. The van der Waals surface area contributed by atoms with Crippen molar-refractivity contribution < 1.29 is 34.4 Å². The molecule has 3 aromatic carbocycles. The van der Waals surface area contributed by atoms with Crippen LogP contribution in [-0.4, -0.2) is 63.9 Å². The van der Waals surface area contributed by atoms with E-state index in [-0.39, 0.29) is 43.8 Å². The number of hydrogen-bond donors (Lipinski definition) is 4. The molecule has 2 heterocycles. The average molecular weight is 617 g/mol. The maximum absolute atomic E-state index is 12.3. The Morgan fingerprint density at radius 3 is 2.38 bits per heavy atom. The summed E-state index contributed by atoms with van der Waals surface area (Å²) in [6.07, 6.45) is 3.33. The lowest BCUT2D eigenvalue weighted by Gasteiger charge is -2.38. The van der Waals surface area contributed by atoms with E-state index in [4.69, 9.17) is 14.6 Å². The maximum Gasteiger partial charge on any atom is 0.303 e. The van der Waals surface area contributed by atoms with E-state index >= 15 is 0 Å². The van der Waals surface area contributed by atoms with Crippen molar-refractivity contribution in [3.05, 3.63) is 95.1 Å². The van der Waals surface area contributed by atoms with Crippen LogP contribution in [0.15, 0.2) is 72.8 Å². The summed E-state index contributed by atoms with van der Waals surface area (Å²) in [6.45, 7) is 2.21. The Bertz CT molecular complexity index is 1410. The number of carbonyl (C=O) groups excluding carboxylic acids is 1. The Balaban J connectivity index is 1.29. The van der Waals surface area contributed by atoms with Crippen LogP contribution in [0.25, 0.3) is 11.1 Å². The van der Waals surface area contributed by atoms with Gasteiger partial charge >= 0.3 is 5.97 Å². The minimum absolute atomic E-state index is 0.00731. The number of benzene rings is 3. The highest BCUT2D eigenvalue weighted by molar-refractivity contribution is 5.76. The summed E-state index contributed by atoms with van der Waals surface area (Å²) in [5.41, 5.74) is 5.79. The van der Waals surface area contributed by atoms with Crippen molar-refractivity contribution in [1.82, 2.24) is 10.2 Å². The predicted octanol–water partition coefficient (Wildman–Crippen LogP) is 5.11. The van der Waals surface area contributed by atoms with E-state index < -0.39 is 12.3 Å². The van der Waals surface area contributed by atoms with Gasteiger partial charge in [0.05, 0.1) is 25.4 Å². The minimum atomic E-state index is -0.843. The summed E-state index contributed by atoms with van der Waals surface area (Å²) in [7, 11) is 0. The third kappa shape index (κ3) is 9.22. The van der Waals surface area contributed by atoms with Crippen molar-refractivity contribution in [1.29, 1.82) is 0 Å². The van der Waals surface area contributed by atoms with Gasteiger partial charge in [-0.25, -0.2) is 0 Å². The highest BCUT2D eigenvalue weighted by atomic mass is 16.7. The number of carboxylic acids is 1. The van der Waals surface area contributed by atoms with Crippen LogP contribution in [-0.2, 0) is 32.2 Å². The molecule has 4 N–H and O–H groups in total. The molecule has 9 heteroatoms. The Morgan fingerprint density at radius 1 is 0.867 bits per heavy atom. The molecule has 0 bridgehead atoms. The molecule has 0 saturated carbocycles. The van der Waals surface area contributed by atoms with Gasteiger partial charge in [-0.15, -0.1) is 0 Å². The standard InChI is InChI=1S/C36H44N2O7/c39-23-25-13-15-27(16-14-25)33-20-32(22-38-17-5-10-31(38)24-40)44-36(45-33)30-9-4-8-29(19-30)28-7-3-6-26(18-28)21-37-34(41)11-1-2-12-35(42)43/h3-4,6-9,13-16,18-19,31-33,36,39-40H,1-2,5,10-12,17,20-24H2,(H,37,41)(H,42,43)/t31-,32+,33-,36-/m0/s1. The number of aliphatic carboxylic acids is 1. The highest BCUT2D eigenvalue weighted by Crippen LogP contribution is 2.39. The molecular weight excluding hydrogens is 572 g/mol. The second-order valence-corrected chi connectivity index (χ2v) is 12.0. The molecule has 0 spiro atoms. The van der Waals surface area contributed by atoms with Crippen molar-refractivity contribution in [2.75, 3.05) is 19.7 Å². The number of likely N-dealkylation sites (tertiary alicyclic amines) is 1.